The lowest BCUT2D eigenvalue weighted by Gasteiger charge is -2.08. The summed E-state index contributed by atoms with van der Waals surface area (Å²) >= 11 is 0. The first-order chi connectivity index (χ1) is 6.33. The molecule has 1 aliphatic carbocycles. The Balaban J connectivity index is 2.22. The summed E-state index contributed by atoms with van der Waals surface area (Å²) in [5.41, 5.74) is 7.08. The Morgan fingerprint density at radius 1 is 1.46 bits per heavy atom. The van der Waals surface area contributed by atoms with Gasteiger partial charge in [-0.1, -0.05) is 18.2 Å². The van der Waals surface area contributed by atoms with E-state index in [2.05, 4.69) is 6.07 Å². The van der Waals surface area contributed by atoms with Gasteiger partial charge in [-0.05, 0) is 25.0 Å². The lowest BCUT2D eigenvalue weighted by atomic mass is 10.1. The average Bonchev–Trinajstić information content (AvgIpc) is 2.84. The number of hydrogen-bond donors (Lipinski definition) is 1. The van der Waals surface area contributed by atoms with Crippen molar-refractivity contribution in [1.29, 1.82) is 0 Å². The zero-order valence-electron chi connectivity index (χ0n) is 7.86. The Kier molecular flexibility index (Phi) is 2.23. The topological polar surface area (TPSA) is 35.2 Å². The molecule has 2 heteroatoms. The molecule has 70 valence electrons. The van der Waals surface area contributed by atoms with E-state index in [1.54, 1.807) is 0 Å². The molecule has 2 rings (SSSR count). The van der Waals surface area contributed by atoms with Crippen molar-refractivity contribution in [3.8, 4) is 5.75 Å². The Hall–Kier alpha value is -1.02. The molecule has 0 aliphatic heterocycles. The van der Waals surface area contributed by atoms with E-state index in [9.17, 15) is 0 Å². The highest BCUT2D eigenvalue weighted by atomic mass is 16.5. The molecular formula is C11H15NO. The molecule has 0 radical (unpaired) electrons. The molecule has 0 saturated heterocycles. The third-order valence-electron chi connectivity index (χ3n) is 2.46. The third-order valence-corrected chi connectivity index (χ3v) is 2.46. The molecule has 2 atom stereocenters. The zero-order chi connectivity index (χ0) is 9.26. The third kappa shape index (κ3) is 1.68. The Bertz CT molecular complexity index is 298. The fourth-order valence-electron chi connectivity index (χ4n) is 1.65. The number of benzene rings is 1. The molecule has 1 saturated carbocycles. The smallest absolute Gasteiger partial charge is 0.122 e. The van der Waals surface area contributed by atoms with Crippen LogP contribution in [0.1, 0.15) is 24.8 Å². The van der Waals surface area contributed by atoms with Crippen molar-refractivity contribution in [1.82, 2.24) is 0 Å². The maximum absolute atomic E-state index is 5.81. The van der Waals surface area contributed by atoms with E-state index in [1.807, 2.05) is 25.1 Å². The Labute approximate surface area is 78.7 Å². The summed E-state index contributed by atoms with van der Waals surface area (Å²) in [6.45, 7) is 2.72. The van der Waals surface area contributed by atoms with Gasteiger partial charge in [-0.25, -0.2) is 0 Å². The van der Waals surface area contributed by atoms with Gasteiger partial charge in [0.25, 0.3) is 0 Å². The van der Waals surface area contributed by atoms with Gasteiger partial charge in [0.15, 0.2) is 0 Å². The zero-order valence-corrected chi connectivity index (χ0v) is 7.86. The van der Waals surface area contributed by atoms with Crippen LogP contribution in [0.15, 0.2) is 24.3 Å². The van der Waals surface area contributed by atoms with Crippen LogP contribution in [0.25, 0.3) is 0 Å². The normalized spacial score (nSPS) is 25.7. The van der Waals surface area contributed by atoms with Crippen molar-refractivity contribution in [3.63, 3.8) is 0 Å². The van der Waals surface area contributed by atoms with Crippen molar-refractivity contribution >= 4 is 0 Å². The predicted octanol–water partition coefficient (Wildman–Crippen LogP) is 1.90. The van der Waals surface area contributed by atoms with Crippen molar-refractivity contribution in [2.75, 3.05) is 6.61 Å². The molecule has 1 fully saturated rings. The van der Waals surface area contributed by atoms with Crippen LogP contribution in [-0.4, -0.2) is 12.6 Å². The molecule has 0 aromatic heterocycles. The first-order valence-electron chi connectivity index (χ1n) is 4.80. The van der Waals surface area contributed by atoms with E-state index in [0.29, 0.717) is 12.0 Å². The van der Waals surface area contributed by atoms with Gasteiger partial charge in [0.2, 0.25) is 0 Å². The van der Waals surface area contributed by atoms with Gasteiger partial charge in [-0.2, -0.15) is 0 Å². The second-order valence-electron chi connectivity index (χ2n) is 3.48. The Morgan fingerprint density at radius 3 is 2.77 bits per heavy atom. The van der Waals surface area contributed by atoms with E-state index in [4.69, 9.17) is 10.5 Å². The molecule has 0 heterocycles. The minimum absolute atomic E-state index is 0.349. The standard InChI is InChI=1S/C11H15NO/c1-2-13-11-6-4-3-5-8(11)9-7-10(9)12/h3-6,9-10H,2,7,12H2,1H3. The quantitative estimate of drug-likeness (QED) is 0.765. The Morgan fingerprint density at radius 2 is 2.15 bits per heavy atom. The van der Waals surface area contributed by atoms with Crippen molar-refractivity contribution in [3.05, 3.63) is 29.8 Å². The van der Waals surface area contributed by atoms with Crippen molar-refractivity contribution in [2.45, 2.75) is 25.3 Å². The SMILES string of the molecule is CCOc1ccccc1C1CC1N. The maximum Gasteiger partial charge on any atom is 0.122 e. The van der Waals surface area contributed by atoms with Gasteiger partial charge in [0, 0.05) is 12.0 Å². The summed E-state index contributed by atoms with van der Waals surface area (Å²) in [6, 6.07) is 8.53. The number of nitrogens with two attached hydrogens (primary N) is 1. The van der Waals surface area contributed by atoms with Crippen LogP contribution >= 0.6 is 0 Å². The van der Waals surface area contributed by atoms with Gasteiger partial charge in [0.1, 0.15) is 5.75 Å². The average molecular weight is 177 g/mol. The molecule has 13 heavy (non-hydrogen) atoms. The highest BCUT2D eigenvalue weighted by Gasteiger charge is 2.36. The maximum atomic E-state index is 5.81. The van der Waals surface area contributed by atoms with Crippen LogP contribution in [0.4, 0.5) is 0 Å². The van der Waals surface area contributed by atoms with E-state index in [-0.39, 0.29) is 0 Å². The van der Waals surface area contributed by atoms with E-state index in [0.717, 1.165) is 18.8 Å². The largest absolute Gasteiger partial charge is 0.494 e. The number of hydrogen-bond acceptors (Lipinski definition) is 2. The second-order valence-corrected chi connectivity index (χ2v) is 3.48. The van der Waals surface area contributed by atoms with Crippen molar-refractivity contribution in [2.24, 2.45) is 5.73 Å². The van der Waals surface area contributed by atoms with Gasteiger partial charge in [-0.15, -0.1) is 0 Å². The number of para-hydroxylation sites is 1. The summed E-state index contributed by atoms with van der Waals surface area (Å²) in [4.78, 5) is 0. The highest BCUT2D eigenvalue weighted by Crippen LogP contribution is 2.43. The predicted molar refractivity (Wildman–Crippen MR) is 52.9 cm³/mol. The van der Waals surface area contributed by atoms with Crippen LogP contribution in [0.3, 0.4) is 0 Å². The molecule has 1 aliphatic rings. The minimum Gasteiger partial charge on any atom is -0.494 e. The molecular weight excluding hydrogens is 162 g/mol. The first kappa shape index (κ1) is 8.57. The molecule has 2 unspecified atom stereocenters. The summed E-state index contributed by atoms with van der Waals surface area (Å²) < 4.78 is 5.53. The monoisotopic (exact) mass is 177 g/mol. The first-order valence-corrected chi connectivity index (χ1v) is 4.80. The number of ether oxygens (including phenoxy) is 1. The molecule has 0 amide bonds. The molecule has 2 nitrogen and oxygen atoms in total. The van der Waals surface area contributed by atoms with Crippen LogP contribution in [0.2, 0.25) is 0 Å². The lowest BCUT2D eigenvalue weighted by Crippen LogP contribution is -2.02. The van der Waals surface area contributed by atoms with Crippen LogP contribution in [0.5, 0.6) is 5.75 Å². The molecule has 0 bridgehead atoms. The van der Waals surface area contributed by atoms with Gasteiger partial charge in [0.05, 0.1) is 6.61 Å². The summed E-state index contributed by atoms with van der Waals surface area (Å²) in [5.74, 6) is 1.53. The van der Waals surface area contributed by atoms with Gasteiger partial charge < -0.3 is 10.5 Å². The minimum atomic E-state index is 0.349. The van der Waals surface area contributed by atoms with Gasteiger partial charge in [-0.3, -0.25) is 0 Å². The summed E-state index contributed by atoms with van der Waals surface area (Å²) in [7, 11) is 0. The fourth-order valence-corrected chi connectivity index (χ4v) is 1.65. The van der Waals surface area contributed by atoms with E-state index < -0.39 is 0 Å². The summed E-state index contributed by atoms with van der Waals surface area (Å²) in [5, 5.41) is 0. The van der Waals surface area contributed by atoms with Gasteiger partial charge >= 0.3 is 0 Å². The second kappa shape index (κ2) is 3.38. The molecule has 0 spiro atoms. The fraction of sp³-hybridized carbons (Fsp3) is 0.455. The van der Waals surface area contributed by atoms with Crippen molar-refractivity contribution < 1.29 is 4.74 Å². The number of rotatable bonds is 3. The van der Waals surface area contributed by atoms with Crippen LogP contribution in [-0.2, 0) is 0 Å². The molecule has 2 N–H and O–H groups in total. The molecule has 1 aromatic rings. The summed E-state index contributed by atoms with van der Waals surface area (Å²) in [6.07, 6.45) is 1.10. The van der Waals surface area contributed by atoms with Crippen LogP contribution in [0, 0.1) is 0 Å². The van der Waals surface area contributed by atoms with E-state index in [1.165, 1.54) is 5.56 Å². The molecule has 1 aromatic carbocycles. The lowest BCUT2D eigenvalue weighted by molar-refractivity contribution is 0.336. The highest BCUT2D eigenvalue weighted by molar-refractivity contribution is 5.40. The van der Waals surface area contributed by atoms with E-state index >= 15 is 0 Å². The van der Waals surface area contributed by atoms with Crippen LogP contribution < -0.4 is 10.5 Å².